The fraction of sp³-hybridized carbons (Fsp3) is 0.579. The van der Waals surface area contributed by atoms with Crippen molar-refractivity contribution >= 4 is 21.8 Å². The zero-order valence-electron chi connectivity index (χ0n) is 14.9. The minimum absolute atomic E-state index is 0.0356. The maximum absolute atomic E-state index is 12.5. The fourth-order valence-corrected chi connectivity index (χ4v) is 5.34. The summed E-state index contributed by atoms with van der Waals surface area (Å²) in [6.07, 6.45) is 8.60. The van der Waals surface area contributed by atoms with Crippen LogP contribution in [0.3, 0.4) is 0 Å². The Morgan fingerprint density at radius 3 is 2.42 bits per heavy atom. The van der Waals surface area contributed by atoms with Gasteiger partial charge in [-0.1, -0.05) is 44.2 Å². The van der Waals surface area contributed by atoms with Gasteiger partial charge in [-0.3, -0.25) is 9.59 Å². The molecule has 3 rings (SSSR count). The van der Waals surface area contributed by atoms with E-state index in [0.717, 1.165) is 30.0 Å². The number of sulfonamides is 1. The van der Waals surface area contributed by atoms with Crippen molar-refractivity contribution in [3.8, 4) is 0 Å². The molecule has 0 aromatic heterocycles. The fourth-order valence-electron chi connectivity index (χ4n) is 3.74. The summed E-state index contributed by atoms with van der Waals surface area (Å²) in [4.78, 5) is 24.6. The van der Waals surface area contributed by atoms with E-state index in [1.165, 1.54) is 31.4 Å². The van der Waals surface area contributed by atoms with Gasteiger partial charge in [0.25, 0.3) is 15.9 Å². The van der Waals surface area contributed by atoms with Crippen molar-refractivity contribution in [1.82, 2.24) is 9.62 Å². The Kier molecular flexibility index (Phi) is 5.96. The molecule has 1 N–H and O–H groups in total. The number of nitrogens with one attached hydrogen (secondary N) is 1. The first-order valence-electron chi connectivity index (χ1n) is 9.45. The van der Waals surface area contributed by atoms with E-state index in [1.807, 2.05) is 0 Å². The predicted molar refractivity (Wildman–Crippen MR) is 98.1 cm³/mol. The van der Waals surface area contributed by atoms with E-state index in [1.54, 1.807) is 12.1 Å². The predicted octanol–water partition coefficient (Wildman–Crippen LogP) is 2.84. The highest BCUT2D eigenvalue weighted by Gasteiger charge is 2.40. The number of hydrogen-bond acceptors (Lipinski definition) is 4. The highest BCUT2D eigenvalue weighted by Crippen LogP contribution is 2.30. The van der Waals surface area contributed by atoms with E-state index in [9.17, 15) is 18.0 Å². The smallest absolute Gasteiger partial charge is 0.269 e. The topological polar surface area (TPSA) is 83.6 Å². The van der Waals surface area contributed by atoms with Crippen LogP contribution in [-0.2, 0) is 14.8 Å². The van der Waals surface area contributed by atoms with Crippen molar-refractivity contribution in [1.29, 1.82) is 0 Å². The molecule has 2 aliphatic rings. The van der Waals surface area contributed by atoms with Crippen molar-refractivity contribution in [2.75, 3.05) is 6.54 Å². The zero-order chi connectivity index (χ0) is 18.6. The largest absolute Gasteiger partial charge is 0.353 e. The average Bonchev–Trinajstić information content (AvgIpc) is 2.78. The number of rotatable bonds is 5. The van der Waals surface area contributed by atoms with E-state index >= 15 is 0 Å². The molecule has 0 saturated heterocycles. The van der Waals surface area contributed by atoms with Gasteiger partial charge in [-0.05, 0) is 31.4 Å². The first-order chi connectivity index (χ1) is 12.5. The maximum atomic E-state index is 12.5. The molecule has 1 aromatic rings. The summed E-state index contributed by atoms with van der Waals surface area (Å²) in [6.45, 7) is 0.0356. The van der Waals surface area contributed by atoms with Gasteiger partial charge >= 0.3 is 0 Å². The van der Waals surface area contributed by atoms with Crippen LogP contribution >= 0.6 is 0 Å². The minimum atomic E-state index is -3.78. The normalized spacial score (nSPS) is 20.3. The summed E-state index contributed by atoms with van der Waals surface area (Å²) < 4.78 is 25.8. The monoisotopic (exact) mass is 378 g/mol. The Hall–Kier alpha value is -1.89. The van der Waals surface area contributed by atoms with Gasteiger partial charge in [0.05, 0.1) is 5.56 Å². The number of nitrogens with zero attached hydrogens (tertiary/aromatic N) is 1. The number of fused-ring (bicyclic) bond motifs is 1. The van der Waals surface area contributed by atoms with Gasteiger partial charge in [0, 0.05) is 19.0 Å². The van der Waals surface area contributed by atoms with Gasteiger partial charge in [-0.2, -0.15) is 0 Å². The molecule has 1 heterocycles. The molecule has 1 aliphatic heterocycles. The number of hydrogen-bond donors (Lipinski definition) is 1. The van der Waals surface area contributed by atoms with Crippen LogP contribution in [0.4, 0.5) is 0 Å². The second-order valence-corrected chi connectivity index (χ2v) is 8.92. The van der Waals surface area contributed by atoms with E-state index in [-0.39, 0.29) is 35.4 Å². The Bertz CT molecular complexity index is 767. The molecule has 2 amide bonds. The Balaban J connectivity index is 1.50. The summed E-state index contributed by atoms with van der Waals surface area (Å²) in [7, 11) is -3.78. The maximum Gasteiger partial charge on any atom is 0.269 e. The number of carbonyl (C=O) groups excluding carboxylic acids is 2. The van der Waals surface area contributed by atoms with Crippen LogP contribution in [-0.4, -0.2) is 37.1 Å². The van der Waals surface area contributed by atoms with Gasteiger partial charge in [-0.25, -0.2) is 12.7 Å². The van der Waals surface area contributed by atoms with Crippen LogP contribution in [0.25, 0.3) is 0 Å². The molecule has 26 heavy (non-hydrogen) atoms. The standard InChI is InChI=1S/C19H26N2O4S/c22-18(20-15-9-4-2-1-3-5-10-15)13-8-14-21-19(23)16-11-6-7-12-17(16)26(21,24)25/h6-7,11-12,15H,1-5,8-10,13-14H2,(H,20,22). The molecular formula is C19H26N2O4S. The van der Waals surface area contributed by atoms with Crippen LogP contribution in [0.2, 0.25) is 0 Å². The second-order valence-electron chi connectivity index (χ2n) is 7.09. The van der Waals surface area contributed by atoms with Crippen LogP contribution in [0, 0.1) is 0 Å². The molecule has 0 radical (unpaired) electrons. The van der Waals surface area contributed by atoms with E-state index in [4.69, 9.17) is 0 Å². The van der Waals surface area contributed by atoms with Crippen LogP contribution in [0.5, 0.6) is 0 Å². The highest BCUT2D eigenvalue weighted by atomic mass is 32.2. The molecule has 1 aromatic carbocycles. The van der Waals surface area contributed by atoms with Crippen molar-refractivity contribution < 1.29 is 18.0 Å². The summed E-state index contributed by atoms with van der Waals surface area (Å²) in [5.74, 6) is -0.557. The Morgan fingerprint density at radius 2 is 1.73 bits per heavy atom. The lowest BCUT2D eigenvalue weighted by molar-refractivity contribution is -0.122. The zero-order valence-corrected chi connectivity index (χ0v) is 15.8. The van der Waals surface area contributed by atoms with Crippen LogP contribution < -0.4 is 5.32 Å². The Morgan fingerprint density at radius 1 is 1.08 bits per heavy atom. The quantitative estimate of drug-likeness (QED) is 0.854. The summed E-state index contributed by atoms with van der Waals surface area (Å²) in [5, 5.41) is 3.07. The minimum Gasteiger partial charge on any atom is -0.353 e. The molecule has 142 valence electrons. The molecule has 0 spiro atoms. The molecule has 1 saturated carbocycles. The van der Waals surface area contributed by atoms with Gasteiger partial charge in [0.15, 0.2) is 0 Å². The lowest BCUT2D eigenvalue weighted by atomic mass is 9.96. The molecule has 0 unspecified atom stereocenters. The van der Waals surface area contributed by atoms with Crippen LogP contribution in [0.1, 0.15) is 68.1 Å². The molecule has 1 fully saturated rings. The third-order valence-corrected chi connectivity index (χ3v) is 6.99. The molecule has 1 aliphatic carbocycles. The van der Waals surface area contributed by atoms with Crippen molar-refractivity contribution in [2.24, 2.45) is 0 Å². The first kappa shape index (κ1) is 18.9. The molecule has 6 nitrogen and oxygen atoms in total. The lowest BCUT2D eigenvalue weighted by Gasteiger charge is -2.21. The van der Waals surface area contributed by atoms with Gasteiger partial charge < -0.3 is 5.32 Å². The third kappa shape index (κ3) is 4.09. The number of amides is 2. The Labute approximate surface area is 155 Å². The van der Waals surface area contributed by atoms with E-state index in [2.05, 4.69) is 5.32 Å². The van der Waals surface area contributed by atoms with Crippen molar-refractivity contribution in [3.05, 3.63) is 29.8 Å². The summed E-state index contributed by atoms with van der Waals surface area (Å²) in [5.41, 5.74) is 0.214. The number of benzene rings is 1. The van der Waals surface area contributed by atoms with Crippen molar-refractivity contribution in [3.63, 3.8) is 0 Å². The lowest BCUT2D eigenvalue weighted by Crippen LogP contribution is -2.36. The molecular weight excluding hydrogens is 352 g/mol. The summed E-state index contributed by atoms with van der Waals surface area (Å²) in [6, 6.07) is 6.46. The van der Waals surface area contributed by atoms with E-state index < -0.39 is 15.9 Å². The van der Waals surface area contributed by atoms with Gasteiger partial charge in [0.1, 0.15) is 4.90 Å². The second kappa shape index (κ2) is 8.20. The molecule has 0 atom stereocenters. The number of carbonyl (C=O) groups is 2. The van der Waals surface area contributed by atoms with Crippen molar-refractivity contribution in [2.45, 2.75) is 68.7 Å². The average molecular weight is 378 g/mol. The van der Waals surface area contributed by atoms with Gasteiger partial charge in [0.2, 0.25) is 5.91 Å². The molecule has 0 bridgehead atoms. The SMILES string of the molecule is O=C(CCCN1C(=O)c2ccccc2S1(=O)=O)NC1CCCCCCC1. The first-order valence-corrected chi connectivity index (χ1v) is 10.9. The third-order valence-electron chi connectivity index (χ3n) is 5.15. The van der Waals surface area contributed by atoms with Gasteiger partial charge in [-0.15, -0.1) is 0 Å². The molecule has 7 heteroatoms. The van der Waals surface area contributed by atoms with E-state index in [0.29, 0.717) is 6.42 Å². The highest BCUT2D eigenvalue weighted by molar-refractivity contribution is 7.90. The summed E-state index contributed by atoms with van der Waals surface area (Å²) >= 11 is 0. The van der Waals surface area contributed by atoms with Crippen LogP contribution in [0.15, 0.2) is 29.2 Å².